The molecule has 0 unspecified atom stereocenters. The molecule has 3 aromatic rings. The molecule has 0 atom stereocenters. The van der Waals surface area contributed by atoms with Crippen molar-refractivity contribution in [1.82, 2.24) is 9.97 Å². The molecule has 0 amide bonds. The van der Waals surface area contributed by atoms with Crippen molar-refractivity contribution in [3.8, 4) is 22.9 Å². The van der Waals surface area contributed by atoms with E-state index in [-0.39, 0.29) is 12.2 Å². The number of aliphatic hydroxyl groups is 1. The maximum absolute atomic E-state index is 12.6. The fraction of sp³-hybridized carbons (Fsp3) is 0.200. The van der Waals surface area contributed by atoms with Crippen molar-refractivity contribution in [3.05, 3.63) is 57.4 Å². The summed E-state index contributed by atoms with van der Waals surface area (Å²) >= 11 is 0. The molecule has 0 aliphatic heterocycles. The maximum Gasteiger partial charge on any atom is 0.262 e. The van der Waals surface area contributed by atoms with Crippen LogP contribution in [-0.2, 0) is 6.42 Å². The van der Waals surface area contributed by atoms with Crippen LogP contribution in [0.4, 0.5) is 0 Å². The summed E-state index contributed by atoms with van der Waals surface area (Å²) in [5.74, 6) is 1.47. The number of hydrogen-bond donors (Lipinski definition) is 2. The van der Waals surface area contributed by atoms with Gasteiger partial charge in [0.15, 0.2) is 0 Å². The van der Waals surface area contributed by atoms with Gasteiger partial charge in [-0.05, 0) is 29.2 Å². The molecule has 0 fully saturated rings. The number of H-pyrrole nitrogens is 1. The molecule has 0 saturated heterocycles. The summed E-state index contributed by atoms with van der Waals surface area (Å²) in [5, 5.41) is 9.72. The second-order valence-corrected chi connectivity index (χ2v) is 6.19. The number of aromatic amines is 1. The fourth-order valence-corrected chi connectivity index (χ4v) is 3.28. The first-order chi connectivity index (χ1) is 12.6. The zero-order valence-electron chi connectivity index (χ0n) is 14.5. The van der Waals surface area contributed by atoms with Crippen LogP contribution in [0.5, 0.6) is 11.5 Å². The van der Waals surface area contributed by atoms with Crippen molar-refractivity contribution in [2.45, 2.75) is 6.42 Å². The van der Waals surface area contributed by atoms with Crippen LogP contribution < -0.4 is 15.0 Å². The van der Waals surface area contributed by atoms with E-state index < -0.39 is 0 Å². The lowest BCUT2D eigenvalue weighted by Crippen LogP contribution is -2.11. The third-order valence-corrected chi connectivity index (χ3v) is 4.60. The van der Waals surface area contributed by atoms with E-state index >= 15 is 0 Å². The number of fused-ring (bicyclic) bond motifs is 2. The molecule has 132 valence electrons. The first-order valence-corrected chi connectivity index (χ1v) is 8.22. The number of ether oxygens (including phenoxy) is 2. The van der Waals surface area contributed by atoms with E-state index in [4.69, 9.17) is 9.47 Å². The Morgan fingerprint density at radius 3 is 2.77 bits per heavy atom. The van der Waals surface area contributed by atoms with Crippen LogP contribution in [0.25, 0.3) is 28.4 Å². The number of nitrogens with one attached hydrogen (secondary N) is 1. The van der Waals surface area contributed by atoms with Gasteiger partial charge < -0.3 is 19.6 Å². The number of benzene rings is 2. The van der Waals surface area contributed by atoms with E-state index in [1.54, 1.807) is 19.2 Å². The molecule has 2 N–H and O–H groups in total. The number of methoxy groups -OCH3 is 2. The van der Waals surface area contributed by atoms with Crippen LogP contribution in [0.2, 0.25) is 0 Å². The number of hydrogen-bond acceptors (Lipinski definition) is 5. The first kappa shape index (κ1) is 16.4. The summed E-state index contributed by atoms with van der Waals surface area (Å²) in [6.45, 7) is 0.0503. The summed E-state index contributed by atoms with van der Waals surface area (Å²) in [7, 11) is 3.06. The Bertz CT molecular complexity index is 1100. The average Bonchev–Trinajstić information content (AvgIpc) is 3.09. The van der Waals surface area contributed by atoms with Gasteiger partial charge in [0.2, 0.25) is 0 Å². The summed E-state index contributed by atoms with van der Waals surface area (Å²) in [6.07, 6.45) is 2.73. The van der Waals surface area contributed by atoms with Crippen molar-refractivity contribution in [2.24, 2.45) is 0 Å². The quantitative estimate of drug-likeness (QED) is 0.755. The molecule has 0 bridgehead atoms. The van der Waals surface area contributed by atoms with Gasteiger partial charge in [0.25, 0.3) is 5.56 Å². The smallest absolute Gasteiger partial charge is 0.262 e. The van der Waals surface area contributed by atoms with Crippen molar-refractivity contribution in [1.29, 1.82) is 0 Å². The molecule has 6 heteroatoms. The molecule has 0 radical (unpaired) electrons. The van der Waals surface area contributed by atoms with Gasteiger partial charge in [-0.15, -0.1) is 0 Å². The summed E-state index contributed by atoms with van der Waals surface area (Å²) < 4.78 is 10.6. The standard InChI is InChI=1S/C20H18N2O4/c1-25-15-8-16-18(17(9-15)26-2)20(24)22-19(21-16)13-4-3-12-5-11(10-23)6-14(12)7-13/h3-4,6-9,23H,5,10H2,1-2H3,(H,21,22,24). The Morgan fingerprint density at radius 2 is 2.04 bits per heavy atom. The van der Waals surface area contributed by atoms with Crippen molar-refractivity contribution < 1.29 is 14.6 Å². The van der Waals surface area contributed by atoms with Crippen LogP contribution in [-0.4, -0.2) is 35.9 Å². The summed E-state index contributed by atoms with van der Waals surface area (Å²) in [4.78, 5) is 20.1. The predicted octanol–water partition coefficient (Wildman–Crippen LogP) is 2.54. The maximum atomic E-state index is 12.6. The number of aromatic nitrogens is 2. The van der Waals surface area contributed by atoms with Gasteiger partial charge in [0.05, 0.1) is 26.3 Å². The highest BCUT2D eigenvalue weighted by Gasteiger charge is 2.16. The average molecular weight is 350 g/mol. The zero-order chi connectivity index (χ0) is 18.3. The number of rotatable bonds is 4. The largest absolute Gasteiger partial charge is 0.497 e. The normalized spacial score (nSPS) is 12.8. The Kier molecular flexibility index (Phi) is 3.97. The number of nitrogens with zero attached hydrogens (tertiary/aromatic N) is 1. The third kappa shape index (κ3) is 2.64. The number of aliphatic hydroxyl groups excluding tert-OH is 1. The second-order valence-electron chi connectivity index (χ2n) is 6.19. The zero-order valence-corrected chi connectivity index (χ0v) is 14.5. The fourth-order valence-electron chi connectivity index (χ4n) is 3.28. The Morgan fingerprint density at radius 1 is 1.19 bits per heavy atom. The minimum Gasteiger partial charge on any atom is -0.497 e. The molecule has 6 nitrogen and oxygen atoms in total. The molecule has 1 heterocycles. The molecule has 0 saturated carbocycles. The van der Waals surface area contributed by atoms with E-state index in [0.717, 1.165) is 28.7 Å². The van der Waals surface area contributed by atoms with E-state index in [0.29, 0.717) is 28.2 Å². The Balaban J connectivity index is 1.88. The summed E-state index contributed by atoms with van der Waals surface area (Å²) in [5.41, 5.74) is 4.22. The molecule has 4 rings (SSSR count). The molecule has 1 aromatic heterocycles. The van der Waals surface area contributed by atoms with Crippen molar-refractivity contribution in [3.63, 3.8) is 0 Å². The SMILES string of the molecule is COc1cc(OC)c2c(=O)[nH]c(-c3ccc4c(c3)C=C(CO)C4)nc2c1. The third-order valence-electron chi connectivity index (χ3n) is 4.60. The second kappa shape index (κ2) is 6.31. The van der Waals surface area contributed by atoms with Crippen molar-refractivity contribution >= 4 is 17.0 Å². The molecule has 0 spiro atoms. The molecule has 2 aromatic carbocycles. The van der Waals surface area contributed by atoms with E-state index in [1.807, 2.05) is 24.3 Å². The highest BCUT2D eigenvalue weighted by molar-refractivity contribution is 5.87. The van der Waals surface area contributed by atoms with Crippen LogP contribution in [0, 0.1) is 0 Å². The van der Waals surface area contributed by atoms with Crippen LogP contribution in [0.3, 0.4) is 0 Å². The van der Waals surface area contributed by atoms with Gasteiger partial charge in [-0.1, -0.05) is 18.2 Å². The van der Waals surface area contributed by atoms with Crippen molar-refractivity contribution in [2.75, 3.05) is 20.8 Å². The van der Waals surface area contributed by atoms with Gasteiger partial charge in [0.1, 0.15) is 22.7 Å². The van der Waals surface area contributed by atoms with Gasteiger partial charge in [0, 0.05) is 17.7 Å². The van der Waals surface area contributed by atoms with Gasteiger partial charge in [-0.3, -0.25) is 4.79 Å². The minimum absolute atomic E-state index is 0.0503. The summed E-state index contributed by atoms with van der Waals surface area (Å²) in [6, 6.07) is 9.28. The van der Waals surface area contributed by atoms with Crippen LogP contribution in [0.15, 0.2) is 40.7 Å². The van der Waals surface area contributed by atoms with Crippen LogP contribution in [0.1, 0.15) is 11.1 Å². The Labute approximate surface area is 149 Å². The van der Waals surface area contributed by atoms with Crippen LogP contribution >= 0.6 is 0 Å². The lowest BCUT2D eigenvalue weighted by molar-refractivity contribution is 0.330. The van der Waals surface area contributed by atoms with E-state index in [1.165, 1.54) is 7.11 Å². The van der Waals surface area contributed by atoms with E-state index in [2.05, 4.69) is 9.97 Å². The predicted molar refractivity (Wildman–Crippen MR) is 99.7 cm³/mol. The van der Waals surface area contributed by atoms with Gasteiger partial charge in [-0.25, -0.2) is 4.98 Å². The topological polar surface area (TPSA) is 84.4 Å². The molecular formula is C20H18N2O4. The highest BCUT2D eigenvalue weighted by Crippen LogP contribution is 2.31. The highest BCUT2D eigenvalue weighted by atomic mass is 16.5. The lowest BCUT2D eigenvalue weighted by Gasteiger charge is -2.10. The monoisotopic (exact) mass is 350 g/mol. The molecule has 1 aliphatic carbocycles. The molecule has 26 heavy (non-hydrogen) atoms. The van der Waals surface area contributed by atoms with Gasteiger partial charge in [-0.2, -0.15) is 0 Å². The Hall–Kier alpha value is -3.12. The molecule has 1 aliphatic rings. The first-order valence-electron chi connectivity index (χ1n) is 8.22. The van der Waals surface area contributed by atoms with E-state index in [9.17, 15) is 9.90 Å². The molecular weight excluding hydrogens is 332 g/mol. The van der Waals surface area contributed by atoms with Gasteiger partial charge >= 0.3 is 0 Å². The lowest BCUT2D eigenvalue weighted by atomic mass is 10.1. The minimum atomic E-state index is -0.267.